The molecule has 1 aromatic carbocycles. The fraction of sp³-hybridized carbons (Fsp3) is 0.429. The second-order valence-electron chi connectivity index (χ2n) is 4.60. The van der Waals surface area contributed by atoms with E-state index in [9.17, 15) is 9.59 Å². The standard InChI is InChI=1S/C14H17NO6/c1-19-10-4-3-5-11(20-2)12(10)13(16)15-9-7-21-6-8(9)14(17)18/h3-5,8-9H,6-7H2,1-2H3,(H,15,16)(H,17,18). The number of nitrogens with one attached hydrogen (secondary N) is 1. The average molecular weight is 295 g/mol. The molecule has 2 rings (SSSR count). The molecule has 114 valence electrons. The monoisotopic (exact) mass is 295 g/mol. The lowest BCUT2D eigenvalue weighted by molar-refractivity contribution is -0.142. The van der Waals surface area contributed by atoms with Crippen molar-refractivity contribution in [1.82, 2.24) is 5.32 Å². The molecule has 0 bridgehead atoms. The summed E-state index contributed by atoms with van der Waals surface area (Å²) in [5.74, 6) is -1.49. The van der Waals surface area contributed by atoms with Crippen molar-refractivity contribution in [2.24, 2.45) is 5.92 Å². The Balaban J connectivity index is 2.22. The minimum Gasteiger partial charge on any atom is -0.496 e. The number of amides is 1. The molecule has 1 aliphatic heterocycles. The van der Waals surface area contributed by atoms with E-state index in [0.29, 0.717) is 11.5 Å². The van der Waals surface area contributed by atoms with Gasteiger partial charge in [-0.15, -0.1) is 0 Å². The predicted octanol–water partition coefficient (Wildman–Crippen LogP) is 0.533. The first-order valence-corrected chi connectivity index (χ1v) is 6.41. The van der Waals surface area contributed by atoms with Gasteiger partial charge in [0.25, 0.3) is 5.91 Å². The van der Waals surface area contributed by atoms with E-state index in [1.54, 1.807) is 18.2 Å². The van der Waals surface area contributed by atoms with E-state index < -0.39 is 23.8 Å². The maximum Gasteiger partial charge on any atom is 0.311 e. The highest BCUT2D eigenvalue weighted by atomic mass is 16.5. The Morgan fingerprint density at radius 3 is 2.38 bits per heavy atom. The van der Waals surface area contributed by atoms with Crippen LogP contribution in [-0.2, 0) is 9.53 Å². The van der Waals surface area contributed by atoms with Gasteiger partial charge >= 0.3 is 5.97 Å². The van der Waals surface area contributed by atoms with Gasteiger partial charge in [0, 0.05) is 0 Å². The minimum atomic E-state index is -0.996. The highest BCUT2D eigenvalue weighted by Gasteiger charge is 2.36. The van der Waals surface area contributed by atoms with Crippen LogP contribution in [0.3, 0.4) is 0 Å². The second-order valence-corrected chi connectivity index (χ2v) is 4.60. The smallest absolute Gasteiger partial charge is 0.311 e. The zero-order valence-corrected chi connectivity index (χ0v) is 11.8. The molecule has 0 spiro atoms. The molecule has 2 unspecified atom stereocenters. The van der Waals surface area contributed by atoms with Gasteiger partial charge in [-0.2, -0.15) is 0 Å². The van der Waals surface area contributed by atoms with Gasteiger partial charge in [0.1, 0.15) is 23.0 Å². The maximum absolute atomic E-state index is 12.4. The van der Waals surface area contributed by atoms with Crippen LogP contribution in [0.2, 0.25) is 0 Å². The van der Waals surface area contributed by atoms with Crippen LogP contribution < -0.4 is 14.8 Å². The summed E-state index contributed by atoms with van der Waals surface area (Å²) in [7, 11) is 2.90. The van der Waals surface area contributed by atoms with Crippen LogP contribution in [0, 0.1) is 5.92 Å². The molecule has 0 aromatic heterocycles. The zero-order chi connectivity index (χ0) is 15.4. The van der Waals surface area contributed by atoms with Crippen LogP contribution in [0.15, 0.2) is 18.2 Å². The number of methoxy groups -OCH3 is 2. The number of hydrogen-bond acceptors (Lipinski definition) is 5. The highest BCUT2D eigenvalue weighted by Crippen LogP contribution is 2.28. The molecule has 2 N–H and O–H groups in total. The summed E-state index contributed by atoms with van der Waals surface area (Å²) in [6, 6.07) is 4.39. The Morgan fingerprint density at radius 1 is 1.24 bits per heavy atom. The molecule has 1 heterocycles. The van der Waals surface area contributed by atoms with E-state index in [1.807, 2.05) is 0 Å². The van der Waals surface area contributed by atoms with Crippen LogP contribution >= 0.6 is 0 Å². The summed E-state index contributed by atoms with van der Waals surface area (Å²) < 4.78 is 15.4. The van der Waals surface area contributed by atoms with Gasteiger partial charge in [-0.3, -0.25) is 9.59 Å². The molecular formula is C14H17NO6. The number of ether oxygens (including phenoxy) is 3. The lowest BCUT2D eigenvalue weighted by Crippen LogP contribution is -2.42. The minimum absolute atomic E-state index is 0.0866. The summed E-state index contributed by atoms with van der Waals surface area (Å²) in [6.07, 6.45) is 0. The summed E-state index contributed by atoms with van der Waals surface area (Å²) in [4.78, 5) is 23.5. The lowest BCUT2D eigenvalue weighted by Gasteiger charge is -2.18. The number of carbonyl (C=O) groups excluding carboxylic acids is 1. The Kier molecular flexibility index (Phi) is 4.64. The molecule has 7 heteroatoms. The summed E-state index contributed by atoms with van der Waals surface area (Å²) in [5.41, 5.74) is 0.235. The summed E-state index contributed by atoms with van der Waals surface area (Å²) in [5, 5.41) is 11.8. The molecule has 0 aliphatic carbocycles. The SMILES string of the molecule is COc1cccc(OC)c1C(=O)NC1COCC1C(=O)O. The Labute approximate surface area is 121 Å². The molecule has 7 nitrogen and oxygen atoms in total. The molecular weight excluding hydrogens is 278 g/mol. The van der Waals surface area contributed by atoms with Crippen LogP contribution in [0.5, 0.6) is 11.5 Å². The van der Waals surface area contributed by atoms with Crippen molar-refractivity contribution in [2.45, 2.75) is 6.04 Å². The first kappa shape index (κ1) is 15.1. The fourth-order valence-corrected chi connectivity index (χ4v) is 2.26. The van der Waals surface area contributed by atoms with Crippen molar-refractivity contribution < 1.29 is 28.9 Å². The topological polar surface area (TPSA) is 94.1 Å². The van der Waals surface area contributed by atoms with E-state index >= 15 is 0 Å². The average Bonchev–Trinajstić information content (AvgIpc) is 2.94. The van der Waals surface area contributed by atoms with E-state index in [4.69, 9.17) is 19.3 Å². The van der Waals surface area contributed by atoms with Gasteiger partial charge in [-0.05, 0) is 12.1 Å². The van der Waals surface area contributed by atoms with Gasteiger partial charge in [-0.1, -0.05) is 6.07 Å². The predicted molar refractivity (Wildman–Crippen MR) is 72.7 cm³/mol. The Morgan fingerprint density at radius 2 is 1.86 bits per heavy atom. The normalized spacial score (nSPS) is 20.9. The third-order valence-electron chi connectivity index (χ3n) is 3.37. The van der Waals surface area contributed by atoms with E-state index in [-0.39, 0.29) is 18.8 Å². The second kappa shape index (κ2) is 6.45. The van der Waals surface area contributed by atoms with Crippen LogP contribution in [0.25, 0.3) is 0 Å². The fourth-order valence-electron chi connectivity index (χ4n) is 2.26. The third kappa shape index (κ3) is 3.08. The number of hydrogen-bond donors (Lipinski definition) is 2. The number of benzene rings is 1. The number of carboxylic acid groups (broad SMARTS) is 1. The maximum atomic E-state index is 12.4. The van der Waals surface area contributed by atoms with E-state index in [2.05, 4.69) is 5.32 Å². The number of rotatable bonds is 5. The molecule has 1 saturated heterocycles. The molecule has 0 radical (unpaired) electrons. The third-order valence-corrected chi connectivity index (χ3v) is 3.37. The molecule has 1 fully saturated rings. The molecule has 1 aliphatic rings. The van der Waals surface area contributed by atoms with Crippen molar-refractivity contribution in [1.29, 1.82) is 0 Å². The lowest BCUT2D eigenvalue weighted by atomic mass is 10.0. The van der Waals surface area contributed by atoms with Crippen molar-refractivity contribution in [3.63, 3.8) is 0 Å². The first-order valence-electron chi connectivity index (χ1n) is 6.41. The van der Waals surface area contributed by atoms with Gasteiger partial charge in [0.15, 0.2) is 0 Å². The van der Waals surface area contributed by atoms with Crippen molar-refractivity contribution in [3.05, 3.63) is 23.8 Å². The van der Waals surface area contributed by atoms with E-state index in [1.165, 1.54) is 14.2 Å². The van der Waals surface area contributed by atoms with Crippen molar-refractivity contribution in [2.75, 3.05) is 27.4 Å². The quantitative estimate of drug-likeness (QED) is 0.823. The van der Waals surface area contributed by atoms with Gasteiger partial charge < -0.3 is 24.6 Å². The molecule has 1 aromatic rings. The number of carboxylic acids is 1. The van der Waals surface area contributed by atoms with Crippen LogP contribution in [0.4, 0.5) is 0 Å². The Bertz CT molecular complexity index is 522. The Hall–Kier alpha value is -2.28. The highest BCUT2D eigenvalue weighted by molar-refractivity contribution is 6.00. The summed E-state index contributed by atoms with van der Waals surface area (Å²) in [6.45, 7) is 0.253. The molecule has 21 heavy (non-hydrogen) atoms. The number of carbonyl (C=O) groups is 2. The van der Waals surface area contributed by atoms with E-state index in [0.717, 1.165) is 0 Å². The van der Waals surface area contributed by atoms with Gasteiger partial charge in [0.05, 0.1) is 33.5 Å². The molecule has 0 saturated carbocycles. The van der Waals surface area contributed by atoms with Crippen LogP contribution in [-0.4, -0.2) is 50.5 Å². The van der Waals surface area contributed by atoms with Crippen molar-refractivity contribution >= 4 is 11.9 Å². The molecule has 2 atom stereocenters. The first-order chi connectivity index (χ1) is 10.1. The van der Waals surface area contributed by atoms with Crippen LogP contribution in [0.1, 0.15) is 10.4 Å². The van der Waals surface area contributed by atoms with Crippen molar-refractivity contribution in [3.8, 4) is 11.5 Å². The zero-order valence-electron chi connectivity index (χ0n) is 11.8. The van der Waals surface area contributed by atoms with Gasteiger partial charge in [-0.25, -0.2) is 0 Å². The molecule has 1 amide bonds. The van der Waals surface area contributed by atoms with Gasteiger partial charge in [0.2, 0.25) is 0 Å². The number of aliphatic carboxylic acids is 1. The largest absolute Gasteiger partial charge is 0.496 e. The summed E-state index contributed by atoms with van der Waals surface area (Å²) >= 11 is 0.